The Labute approximate surface area is 91.3 Å². The van der Waals surface area contributed by atoms with E-state index in [4.69, 9.17) is 0 Å². The molecule has 0 aliphatic carbocycles. The first-order chi connectivity index (χ1) is 7.10. The van der Waals surface area contributed by atoms with Gasteiger partial charge in [0.2, 0.25) is 0 Å². The fourth-order valence-electron chi connectivity index (χ4n) is 1.42. The van der Waals surface area contributed by atoms with Gasteiger partial charge in [-0.05, 0) is 12.8 Å². The molecule has 2 unspecified atom stereocenters. The van der Waals surface area contributed by atoms with Gasteiger partial charge >= 0.3 is 5.97 Å². The molecule has 15 heavy (non-hydrogen) atoms. The molecule has 2 atom stereocenters. The lowest BCUT2D eigenvalue weighted by molar-refractivity contribution is -0.143. The summed E-state index contributed by atoms with van der Waals surface area (Å²) in [6, 6.07) is 0. The minimum atomic E-state index is -0.797. The van der Waals surface area contributed by atoms with Gasteiger partial charge in [0.05, 0.1) is 25.7 Å². The molecule has 0 aromatic rings. The van der Waals surface area contributed by atoms with Crippen LogP contribution in [0, 0.1) is 0 Å². The Hall–Kier alpha value is -0.610. The van der Waals surface area contributed by atoms with E-state index in [0.717, 1.165) is 19.3 Å². The van der Waals surface area contributed by atoms with Crippen molar-refractivity contribution in [2.75, 3.05) is 7.11 Å². The summed E-state index contributed by atoms with van der Waals surface area (Å²) >= 11 is 0. The van der Waals surface area contributed by atoms with Gasteiger partial charge in [0.15, 0.2) is 0 Å². The van der Waals surface area contributed by atoms with Crippen LogP contribution >= 0.6 is 0 Å². The van der Waals surface area contributed by atoms with Crippen LogP contribution in [0.3, 0.4) is 0 Å². The third-order valence-corrected chi connectivity index (χ3v) is 2.32. The number of hydrogen-bond donors (Lipinski definition) is 2. The molecule has 0 amide bonds. The van der Waals surface area contributed by atoms with E-state index in [-0.39, 0.29) is 12.8 Å². The highest BCUT2D eigenvalue weighted by Crippen LogP contribution is 2.10. The van der Waals surface area contributed by atoms with Crippen LogP contribution in [0.2, 0.25) is 0 Å². The van der Waals surface area contributed by atoms with Gasteiger partial charge in [-0.2, -0.15) is 0 Å². The monoisotopic (exact) mass is 218 g/mol. The van der Waals surface area contributed by atoms with Crippen molar-refractivity contribution >= 4 is 5.97 Å². The van der Waals surface area contributed by atoms with Crippen LogP contribution in [0.15, 0.2) is 0 Å². The Balaban J connectivity index is 3.56. The van der Waals surface area contributed by atoms with E-state index in [2.05, 4.69) is 11.7 Å². The van der Waals surface area contributed by atoms with Gasteiger partial charge in [-0.1, -0.05) is 26.2 Å². The third-order valence-electron chi connectivity index (χ3n) is 2.32. The zero-order chi connectivity index (χ0) is 11.7. The van der Waals surface area contributed by atoms with Crippen molar-refractivity contribution in [2.45, 2.75) is 57.7 Å². The Morgan fingerprint density at radius 3 is 2.47 bits per heavy atom. The molecule has 2 N–H and O–H groups in total. The Morgan fingerprint density at radius 2 is 1.93 bits per heavy atom. The lowest BCUT2D eigenvalue weighted by Gasteiger charge is -2.14. The second kappa shape index (κ2) is 8.68. The van der Waals surface area contributed by atoms with E-state index in [1.165, 1.54) is 7.11 Å². The van der Waals surface area contributed by atoms with E-state index >= 15 is 0 Å². The van der Waals surface area contributed by atoms with E-state index in [1.807, 2.05) is 0 Å². The SMILES string of the molecule is CCCCCC(O)CC(O)CC(=O)OC. The number of ether oxygens (including phenoxy) is 1. The van der Waals surface area contributed by atoms with Gasteiger partial charge in [-0.15, -0.1) is 0 Å². The first-order valence-corrected chi connectivity index (χ1v) is 5.53. The molecule has 0 radical (unpaired) electrons. The van der Waals surface area contributed by atoms with Crippen molar-refractivity contribution in [3.8, 4) is 0 Å². The molecule has 0 saturated heterocycles. The molecule has 0 fully saturated rings. The molecule has 0 aromatic heterocycles. The van der Waals surface area contributed by atoms with Crippen LogP contribution < -0.4 is 0 Å². The maximum absolute atomic E-state index is 10.8. The number of methoxy groups -OCH3 is 1. The van der Waals surface area contributed by atoms with E-state index < -0.39 is 18.2 Å². The molecule has 0 aliphatic rings. The largest absolute Gasteiger partial charge is 0.469 e. The Morgan fingerprint density at radius 1 is 1.27 bits per heavy atom. The molecule has 0 aromatic carbocycles. The first-order valence-electron chi connectivity index (χ1n) is 5.53. The molecule has 4 nitrogen and oxygen atoms in total. The molecular weight excluding hydrogens is 196 g/mol. The van der Waals surface area contributed by atoms with E-state index in [1.54, 1.807) is 0 Å². The summed E-state index contributed by atoms with van der Waals surface area (Å²) in [6.45, 7) is 2.10. The molecule has 0 heterocycles. The summed E-state index contributed by atoms with van der Waals surface area (Å²) in [6.07, 6.45) is 2.74. The van der Waals surface area contributed by atoms with Gasteiger partial charge < -0.3 is 14.9 Å². The molecule has 4 heteroatoms. The van der Waals surface area contributed by atoms with Crippen molar-refractivity contribution in [1.29, 1.82) is 0 Å². The second-order valence-electron chi connectivity index (χ2n) is 3.82. The highest BCUT2D eigenvalue weighted by molar-refractivity contribution is 5.69. The summed E-state index contributed by atoms with van der Waals surface area (Å²) in [4.78, 5) is 10.8. The Kier molecular flexibility index (Phi) is 8.33. The van der Waals surface area contributed by atoms with E-state index in [0.29, 0.717) is 6.42 Å². The average Bonchev–Trinajstić information content (AvgIpc) is 2.17. The number of esters is 1. The summed E-state index contributed by atoms with van der Waals surface area (Å²) in [5.41, 5.74) is 0. The minimum Gasteiger partial charge on any atom is -0.469 e. The third kappa shape index (κ3) is 8.39. The summed E-state index contributed by atoms with van der Waals surface area (Å²) in [5, 5.41) is 18.9. The average molecular weight is 218 g/mol. The predicted molar refractivity (Wildman–Crippen MR) is 57.4 cm³/mol. The summed E-state index contributed by atoms with van der Waals surface area (Å²) < 4.78 is 4.42. The first kappa shape index (κ1) is 14.4. The van der Waals surface area contributed by atoms with Gasteiger partial charge in [-0.3, -0.25) is 4.79 Å². The fraction of sp³-hybridized carbons (Fsp3) is 0.909. The number of aliphatic hydroxyl groups is 2. The summed E-state index contributed by atoms with van der Waals surface area (Å²) in [7, 11) is 1.28. The quantitative estimate of drug-likeness (QED) is 0.475. The molecule has 0 saturated carbocycles. The van der Waals surface area contributed by atoms with Crippen LogP contribution in [-0.4, -0.2) is 35.5 Å². The number of carbonyl (C=O) groups is 1. The number of aliphatic hydroxyl groups excluding tert-OH is 2. The zero-order valence-corrected chi connectivity index (χ0v) is 9.61. The summed E-state index contributed by atoms with van der Waals surface area (Å²) in [5.74, 6) is -0.441. The van der Waals surface area contributed by atoms with Crippen LogP contribution in [0.5, 0.6) is 0 Å². The van der Waals surface area contributed by atoms with E-state index in [9.17, 15) is 15.0 Å². The smallest absolute Gasteiger partial charge is 0.308 e. The predicted octanol–water partition coefficient (Wildman–Crippen LogP) is 1.24. The lowest BCUT2D eigenvalue weighted by atomic mass is 10.0. The van der Waals surface area contributed by atoms with Crippen LogP contribution in [0.1, 0.15) is 45.4 Å². The van der Waals surface area contributed by atoms with Gasteiger partial charge in [0.1, 0.15) is 0 Å². The molecule has 0 aliphatic heterocycles. The zero-order valence-electron chi connectivity index (χ0n) is 9.61. The Bertz CT molecular complexity index is 170. The normalized spacial score (nSPS) is 14.7. The number of rotatable bonds is 8. The van der Waals surface area contributed by atoms with Gasteiger partial charge in [0, 0.05) is 0 Å². The van der Waals surface area contributed by atoms with Crippen LogP contribution in [0.4, 0.5) is 0 Å². The standard InChI is InChI=1S/C11H22O4/c1-3-4-5-6-9(12)7-10(13)8-11(14)15-2/h9-10,12-13H,3-8H2,1-2H3. The van der Waals surface area contributed by atoms with Crippen molar-refractivity contribution < 1.29 is 19.7 Å². The number of unbranched alkanes of at least 4 members (excludes halogenated alkanes) is 2. The maximum Gasteiger partial charge on any atom is 0.308 e. The van der Waals surface area contributed by atoms with Crippen molar-refractivity contribution in [3.63, 3.8) is 0 Å². The fourth-order valence-corrected chi connectivity index (χ4v) is 1.42. The van der Waals surface area contributed by atoms with Gasteiger partial charge in [0.25, 0.3) is 0 Å². The number of carbonyl (C=O) groups excluding carboxylic acids is 1. The topological polar surface area (TPSA) is 66.8 Å². The van der Waals surface area contributed by atoms with Crippen LogP contribution in [0.25, 0.3) is 0 Å². The highest BCUT2D eigenvalue weighted by Gasteiger charge is 2.15. The maximum atomic E-state index is 10.8. The van der Waals surface area contributed by atoms with Crippen molar-refractivity contribution in [3.05, 3.63) is 0 Å². The van der Waals surface area contributed by atoms with Crippen molar-refractivity contribution in [1.82, 2.24) is 0 Å². The molecular formula is C11H22O4. The molecule has 90 valence electrons. The minimum absolute atomic E-state index is 0.0403. The highest BCUT2D eigenvalue weighted by atomic mass is 16.5. The number of hydrogen-bond acceptors (Lipinski definition) is 4. The molecule has 0 rings (SSSR count). The molecule has 0 bridgehead atoms. The van der Waals surface area contributed by atoms with Crippen LogP contribution in [-0.2, 0) is 9.53 Å². The van der Waals surface area contributed by atoms with Gasteiger partial charge in [-0.25, -0.2) is 0 Å². The van der Waals surface area contributed by atoms with Crippen molar-refractivity contribution in [2.24, 2.45) is 0 Å². The lowest BCUT2D eigenvalue weighted by Crippen LogP contribution is -2.21. The molecule has 0 spiro atoms. The second-order valence-corrected chi connectivity index (χ2v) is 3.82.